The molecule has 178 valence electrons. The molecule has 1 unspecified atom stereocenters. The van der Waals surface area contributed by atoms with Crippen molar-refractivity contribution in [3.05, 3.63) is 22.4 Å². The summed E-state index contributed by atoms with van der Waals surface area (Å²) in [6, 6.07) is 4.62. The molecule has 2 N–H and O–H groups in total. The minimum Gasteiger partial charge on any atom is -0.466 e. The first-order valence-corrected chi connectivity index (χ1v) is 12.2. The van der Waals surface area contributed by atoms with E-state index in [2.05, 4.69) is 40.0 Å². The SMILES string of the molecule is CCNC(=NCC(c1cccs1)N1CCOCC1)NCCCCCCC(=O)OCC.I. The van der Waals surface area contributed by atoms with Gasteiger partial charge in [-0.25, -0.2) is 0 Å². The van der Waals surface area contributed by atoms with Gasteiger partial charge >= 0.3 is 5.97 Å². The fourth-order valence-corrected chi connectivity index (χ4v) is 4.31. The molecule has 1 aromatic heterocycles. The number of hydrogen-bond acceptors (Lipinski definition) is 6. The van der Waals surface area contributed by atoms with Crippen LogP contribution in [-0.4, -0.2) is 69.4 Å². The van der Waals surface area contributed by atoms with E-state index in [0.717, 1.165) is 77.6 Å². The fourth-order valence-electron chi connectivity index (χ4n) is 3.46. The highest BCUT2D eigenvalue weighted by molar-refractivity contribution is 14.0. The Labute approximate surface area is 208 Å². The van der Waals surface area contributed by atoms with Crippen LogP contribution in [0.4, 0.5) is 0 Å². The highest BCUT2D eigenvalue weighted by atomic mass is 127. The number of rotatable bonds is 13. The van der Waals surface area contributed by atoms with Crippen molar-refractivity contribution in [2.24, 2.45) is 4.99 Å². The maximum atomic E-state index is 11.4. The number of esters is 1. The summed E-state index contributed by atoms with van der Waals surface area (Å²) in [6.45, 7) is 10.3. The van der Waals surface area contributed by atoms with Crippen LogP contribution in [0.5, 0.6) is 0 Å². The van der Waals surface area contributed by atoms with E-state index in [1.165, 1.54) is 4.88 Å². The van der Waals surface area contributed by atoms with Gasteiger partial charge in [-0.1, -0.05) is 18.9 Å². The van der Waals surface area contributed by atoms with Gasteiger partial charge < -0.3 is 20.1 Å². The van der Waals surface area contributed by atoms with E-state index in [9.17, 15) is 4.79 Å². The van der Waals surface area contributed by atoms with Gasteiger partial charge in [0.25, 0.3) is 0 Å². The second-order valence-electron chi connectivity index (χ2n) is 7.30. The smallest absolute Gasteiger partial charge is 0.305 e. The number of carbonyl (C=O) groups excluding carboxylic acids is 1. The number of morpholine rings is 1. The molecule has 0 amide bonds. The summed E-state index contributed by atoms with van der Waals surface area (Å²) in [5, 5.41) is 8.94. The van der Waals surface area contributed by atoms with E-state index >= 15 is 0 Å². The lowest BCUT2D eigenvalue weighted by atomic mass is 10.1. The number of guanidine groups is 1. The van der Waals surface area contributed by atoms with Gasteiger partial charge in [0.05, 0.1) is 32.4 Å². The lowest BCUT2D eigenvalue weighted by molar-refractivity contribution is -0.143. The summed E-state index contributed by atoms with van der Waals surface area (Å²) in [6.07, 6.45) is 4.63. The van der Waals surface area contributed by atoms with Gasteiger partial charge in [0.15, 0.2) is 5.96 Å². The number of unbranched alkanes of at least 4 members (excludes halogenated alkanes) is 3. The minimum absolute atomic E-state index is 0. The Balaban J connectivity index is 0.00000480. The van der Waals surface area contributed by atoms with Gasteiger partial charge in [-0.3, -0.25) is 14.7 Å². The molecule has 2 heterocycles. The maximum Gasteiger partial charge on any atom is 0.305 e. The minimum atomic E-state index is -0.0854. The normalized spacial score (nSPS) is 15.7. The summed E-state index contributed by atoms with van der Waals surface area (Å²) < 4.78 is 10.5. The topological polar surface area (TPSA) is 75.2 Å². The van der Waals surface area contributed by atoms with Crippen LogP contribution in [0.15, 0.2) is 22.5 Å². The maximum absolute atomic E-state index is 11.4. The molecule has 1 atom stereocenters. The highest BCUT2D eigenvalue weighted by Crippen LogP contribution is 2.26. The Morgan fingerprint density at radius 2 is 2.00 bits per heavy atom. The van der Waals surface area contributed by atoms with Crippen LogP contribution >= 0.6 is 35.3 Å². The zero-order valence-electron chi connectivity index (χ0n) is 18.9. The predicted octanol–water partition coefficient (Wildman–Crippen LogP) is 3.81. The van der Waals surface area contributed by atoms with E-state index in [1.807, 2.05) is 6.92 Å². The van der Waals surface area contributed by atoms with Gasteiger partial charge in [0.2, 0.25) is 0 Å². The zero-order chi connectivity index (χ0) is 21.4. The van der Waals surface area contributed by atoms with Crippen LogP contribution in [0.3, 0.4) is 0 Å². The lowest BCUT2D eigenvalue weighted by Gasteiger charge is -2.33. The molecule has 1 saturated heterocycles. The molecule has 1 fully saturated rings. The standard InChI is InChI=1S/C22H38N4O3S.HI/c1-3-23-22(24-12-8-6-5-7-11-21(27)29-4-2)25-18-19(20-10-9-17-30-20)26-13-15-28-16-14-26;/h9-10,17,19H,3-8,11-16,18H2,1-2H3,(H2,23,24,25);1H. The number of aliphatic imine (C=N–C) groups is 1. The molecular formula is C22H39IN4O3S. The lowest BCUT2D eigenvalue weighted by Crippen LogP contribution is -2.41. The van der Waals surface area contributed by atoms with Crippen molar-refractivity contribution in [1.29, 1.82) is 0 Å². The van der Waals surface area contributed by atoms with E-state index in [4.69, 9.17) is 14.5 Å². The van der Waals surface area contributed by atoms with Gasteiger partial charge in [0.1, 0.15) is 0 Å². The first kappa shape index (κ1) is 28.1. The molecule has 0 aliphatic carbocycles. The Kier molecular flexibility index (Phi) is 16.0. The van der Waals surface area contributed by atoms with E-state index < -0.39 is 0 Å². The molecule has 31 heavy (non-hydrogen) atoms. The van der Waals surface area contributed by atoms with Crippen molar-refractivity contribution in [1.82, 2.24) is 15.5 Å². The first-order chi connectivity index (χ1) is 14.7. The van der Waals surface area contributed by atoms with Crippen LogP contribution in [0.2, 0.25) is 0 Å². The summed E-state index contributed by atoms with van der Waals surface area (Å²) in [5.41, 5.74) is 0. The number of hydrogen-bond donors (Lipinski definition) is 2. The van der Waals surface area contributed by atoms with E-state index in [0.29, 0.717) is 19.1 Å². The van der Waals surface area contributed by atoms with Gasteiger partial charge in [-0.2, -0.15) is 0 Å². The first-order valence-electron chi connectivity index (χ1n) is 11.3. The van der Waals surface area contributed by atoms with Gasteiger partial charge in [-0.15, -0.1) is 35.3 Å². The molecule has 9 heteroatoms. The summed E-state index contributed by atoms with van der Waals surface area (Å²) >= 11 is 1.80. The molecular weight excluding hydrogens is 527 g/mol. The molecule has 7 nitrogen and oxygen atoms in total. The molecule has 1 aromatic rings. The van der Waals surface area contributed by atoms with Crippen LogP contribution in [0.1, 0.15) is 56.9 Å². The number of nitrogens with zero attached hydrogens (tertiary/aromatic N) is 2. The number of nitrogens with one attached hydrogen (secondary N) is 2. The Morgan fingerprint density at radius 3 is 2.68 bits per heavy atom. The quantitative estimate of drug-likeness (QED) is 0.124. The monoisotopic (exact) mass is 566 g/mol. The summed E-state index contributed by atoms with van der Waals surface area (Å²) in [7, 11) is 0. The predicted molar refractivity (Wildman–Crippen MR) is 139 cm³/mol. The van der Waals surface area contributed by atoms with Crippen LogP contribution in [0.25, 0.3) is 0 Å². The zero-order valence-corrected chi connectivity index (χ0v) is 22.1. The van der Waals surface area contributed by atoms with Crippen molar-refractivity contribution < 1.29 is 14.3 Å². The van der Waals surface area contributed by atoms with Crippen molar-refractivity contribution >= 4 is 47.2 Å². The number of thiophene rings is 1. The second-order valence-corrected chi connectivity index (χ2v) is 8.27. The number of carbonyl (C=O) groups is 1. The van der Waals surface area contributed by atoms with Crippen LogP contribution < -0.4 is 10.6 Å². The Morgan fingerprint density at radius 1 is 1.23 bits per heavy atom. The molecule has 1 aliphatic rings. The van der Waals surface area contributed by atoms with Crippen molar-refractivity contribution in [3.63, 3.8) is 0 Å². The summed E-state index contributed by atoms with van der Waals surface area (Å²) in [4.78, 5) is 20.1. The Hall–Kier alpha value is -0.910. The average Bonchev–Trinajstić information content (AvgIpc) is 3.28. The fraction of sp³-hybridized carbons (Fsp3) is 0.727. The van der Waals surface area contributed by atoms with Crippen LogP contribution in [0, 0.1) is 0 Å². The molecule has 0 radical (unpaired) electrons. The Bertz CT molecular complexity index is 610. The van der Waals surface area contributed by atoms with E-state index in [-0.39, 0.29) is 29.9 Å². The van der Waals surface area contributed by atoms with Crippen molar-refractivity contribution in [2.45, 2.75) is 52.0 Å². The molecule has 0 bridgehead atoms. The van der Waals surface area contributed by atoms with Crippen molar-refractivity contribution in [2.75, 3.05) is 52.5 Å². The third-order valence-electron chi connectivity index (χ3n) is 5.03. The third kappa shape index (κ3) is 11.5. The molecule has 2 rings (SSSR count). The van der Waals surface area contributed by atoms with Crippen molar-refractivity contribution in [3.8, 4) is 0 Å². The molecule has 0 spiro atoms. The van der Waals surface area contributed by atoms with Gasteiger partial charge in [-0.05, 0) is 38.1 Å². The highest BCUT2D eigenvalue weighted by Gasteiger charge is 2.23. The molecule has 0 saturated carbocycles. The summed E-state index contributed by atoms with van der Waals surface area (Å²) in [5.74, 6) is 0.789. The second kappa shape index (κ2) is 17.6. The van der Waals surface area contributed by atoms with Crippen LogP contribution in [-0.2, 0) is 14.3 Å². The third-order valence-corrected chi connectivity index (χ3v) is 6.00. The number of halogens is 1. The molecule has 0 aromatic carbocycles. The van der Waals surface area contributed by atoms with Gasteiger partial charge in [0, 0.05) is 37.5 Å². The average molecular weight is 567 g/mol. The largest absolute Gasteiger partial charge is 0.466 e. The molecule has 1 aliphatic heterocycles. The number of ether oxygens (including phenoxy) is 2. The van der Waals surface area contributed by atoms with E-state index in [1.54, 1.807) is 11.3 Å².